The Bertz CT molecular complexity index is 3190. The second kappa shape index (κ2) is 12.5. The summed E-state index contributed by atoms with van der Waals surface area (Å²) in [4.78, 5) is 2.45. The van der Waals surface area contributed by atoms with Gasteiger partial charge in [-0.25, -0.2) is 0 Å². The van der Waals surface area contributed by atoms with Crippen LogP contribution in [0.15, 0.2) is 212 Å². The van der Waals surface area contributed by atoms with Crippen LogP contribution in [0.1, 0.15) is 22.3 Å². The predicted molar refractivity (Wildman–Crippen MR) is 241 cm³/mol. The maximum absolute atomic E-state index is 2.52. The van der Waals surface area contributed by atoms with E-state index in [9.17, 15) is 0 Å². The molecule has 0 saturated carbocycles. The molecule has 10 aromatic rings. The van der Waals surface area contributed by atoms with Crippen LogP contribution in [0.3, 0.4) is 0 Å². The Labute approximate surface area is 336 Å². The number of nitrogens with zero attached hydrogens (tertiary/aromatic N) is 1. The molecule has 0 amide bonds. The molecule has 0 bridgehead atoms. The predicted octanol–water partition coefficient (Wildman–Crippen LogP) is 15.2. The molecule has 1 unspecified atom stereocenters. The molecule has 0 aliphatic heterocycles. The van der Waals surface area contributed by atoms with Crippen LogP contribution in [-0.4, -0.2) is 0 Å². The fraction of sp³-hybridized carbons (Fsp3) is 0.0182. The van der Waals surface area contributed by atoms with Gasteiger partial charge >= 0.3 is 0 Å². The van der Waals surface area contributed by atoms with Crippen molar-refractivity contribution in [2.45, 2.75) is 5.41 Å². The van der Waals surface area contributed by atoms with Gasteiger partial charge in [-0.05, 0) is 104 Å². The highest BCUT2D eigenvalue weighted by molar-refractivity contribution is 7.26. The summed E-state index contributed by atoms with van der Waals surface area (Å²) in [6.45, 7) is 0. The van der Waals surface area contributed by atoms with Gasteiger partial charge in [0.1, 0.15) is 0 Å². The smallest absolute Gasteiger partial charge is 0.0726 e. The van der Waals surface area contributed by atoms with Gasteiger partial charge in [-0.1, -0.05) is 170 Å². The zero-order chi connectivity index (χ0) is 37.5. The number of hydrogen-bond acceptors (Lipinski definition) is 2. The van der Waals surface area contributed by atoms with Crippen LogP contribution in [-0.2, 0) is 5.41 Å². The van der Waals surface area contributed by atoms with Crippen molar-refractivity contribution < 1.29 is 0 Å². The van der Waals surface area contributed by atoms with Gasteiger partial charge in [0, 0.05) is 37.1 Å². The first-order valence-corrected chi connectivity index (χ1v) is 20.5. The average molecular weight is 742 g/mol. The van der Waals surface area contributed by atoms with Gasteiger partial charge in [0.2, 0.25) is 0 Å². The van der Waals surface area contributed by atoms with Gasteiger partial charge in [-0.2, -0.15) is 0 Å². The van der Waals surface area contributed by atoms with Crippen LogP contribution >= 0.6 is 11.3 Å². The second-order valence-electron chi connectivity index (χ2n) is 15.1. The van der Waals surface area contributed by atoms with Crippen LogP contribution in [0.2, 0.25) is 0 Å². The Hall–Kier alpha value is -7.00. The van der Waals surface area contributed by atoms with Crippen LogP contribution in [0.5, 0.6) is 0 Å². The van der Waals surface area contributed by atoms with E-state index < -0.39 is 5.41 Å². The van der Waals surface area contributed by atoms with Crippen molar-refractivity contribution in [2.24, 2.45) is 0 Å². The molecule has 2 heteroatoms. The molecule has 0 radical (unpaired) electrons. The minimum Gasteiger partial charge on any atom is -0.310 e. The molecular weight excluding hydrogens is 707 g/mol. The van der Waals surface area contributed by atoms with Crippen LogP contribution in [0, 0.1) is 0 Å². The van der Waals surface area contributed by atoms with E-state index in [0.29, 0.717) is 0 Å². The first-order chi connectivity index (χ1) is 28.3. The topological polar surface area (TPSA) is 3.24 Å². The van der Waals surface area contributed by atoms with Gasteiger partial charge < -0.3 is 4.90 Å². The summed E-state index contributed by atoms with van der Waals surface area (Å²) in [6.07, 6.45) is 0. The average Bonchev–Trinajstić information content (AvgIpc) is 3.78. The summed E-state index contributed by atoms with van der Waals surface area (Å²) in [7, 11) is 0. The third kappa shape index (κ3) is 4.56. The zero-order valence-electron chi connectivity index (χ0n) is 31.1. The number of thiophene rings is 1. The number of fused-ring (bicyclic) bond motifs is 16. The highest BCUT2D eigenvalue weighted by atomic mass is 32.1. The first-order valence-electron chi connectivity index (χ1n) is 19.7. The lowest BCUT2D eigenvalue weighted by Gasteiger charge is -2.36. The van der Waals surface area contributed by atoms with Crippen molar-refractivity contribution in [3.63, 3.8) is 0 Å². The minimum absolute atomic E-state index is 0.606. The maximum Gasteiger partial charge on any atom is 0.0726 e. The lowest BCUT2D eigenvalue weighted by Crippen LogP contribution is -2.29. The Morgan fingerprint density at radius 1 is 0.351 bits per heavy atom. The molecule has 57 heavy (non-hydrogen) atoms. The van der Waals surface area contributed by atoms with Crippen molar-refractivity contribution in [3.05, 3.63) is 235 Å². The fourth-order valence-electron chi connectivity index (χ4n) is 10.1. The van der Waals surface area contributed by atoms with Crippen molar-refractivity contribution in [1.29, 1.82) is 0 Å². The molecule has 1 heterocycles. The Morgan fingerprint density at radius 2 is 0.930 bits per heavy atom. The molecular formula is C55H35NS. The minimum atomic E-state index is -0.606. The van der Waals surface area contributed by atoms with Gasteiger partial charge in [-0.15, -0.1) is 11.3 Å². The standard InChI is InChI=1S/C55H35NS/c1-3-17-36(18-4-1)39-21-11-15-29-50(39)56(37-19-5-2-6-20-37)38-31-32-43-41-23-8-7-22-40(41)42-24-9-13-27-46(42)55(49(43)35-38)47-28-14-10-25-44(47)53-48(55)33-34-52-54(53)45-26-12-16-30-51(45)57-52/h1-35H. The highest BCUT2D eigenvalue weighted by Gasteiger charge is 2.50. The van der Waals surface area contributed by atoms with E-state index in [2.05, 4.69) is 217 Å². The Morgan fingerprint density at radius 3 is 1.70 bits per heavy atom. The summed E-state index contributed by atoms with van der Waals surface area (Å²) in [5.41, 5.74) is 18.1. The lowest BCUT2D eigenvalue weighted by molar-refractivity contribution is 0.776. The van der Waals surface area contributed by atoms with Crippen molar-refractivity contribution in [2.75, 3.05) is 4.90 Å². The molecule has 1 aromatic heterocycles. The molecule has 266 valence electrons. The summed E-state index contributed by atoms with van der Waals surface area (Å²) in [5, 5.41) is 2.69. The molecule has 12 rings (SSSR count). The number of rotatable bonds is 4. The number of hydrogen-bond donors (Lipinski definition) is 0. The van der Waals surface area contributed by atoms with E-state index in [-0.39, 0.29) is 0 Å². The number of anilines is 3. The van der Waals surface area contributed by atoms with E-state index in [4.69, 9.17) is 0 Å². The number of para-hydroxylation sites is 2. The monoisotopic (exact) mass is 741 g/mol. The summed E-state index contributed by atoms with van der Waals surface area (Å²) >= 11 is 1.90. The normalized spacial score (nSPS) is 14.7. The molecule has 1 nitrogen and oxygen atoms in total. The molecule has 1 spiro atoms. The van der Waals surface area contributed by atoms with Gasteiger partial charge in [0.25, 0.3) is 0 Å². The van der Waals surface area contributed by atoms with E-state index in [1.54, 1.807) is 0 Å². The van der Waals surface area contributed by atoms with E-state index >= 15 is 0 Å². The summed E-state index contributed by atoms with van der Waals surface area (Å²) in [6, 6.07) is 78.9. The van der Waals surface area contributed by atoms with Gasteiger partial charge in [0.15, 0.2) is 0 Å². The third-order valence-electron chi connectivity index (χ3n) is 12.3. The summed E-state index contributed by atoms with van der Waals surface area (Å²) < 4.78 is 2.65. The maximum atomic E-state index is 2.52. The summed E-state index contributed by atoms with van der Waals surface area (Å²) in [5.74, 6) is 0. The van der Waals surface area contributed by atoms with Crippen molar-refractivity contribution in [3.8, 4) is 44.5 Å². The zero-order valence-corrected chi connectivity index (χ0v) is 31.9. The largest absolute Gasteiger partial charge is 0.310 e. The second-order valence-corrected chi connectivity index (χ2v) is 16.2. The quantitative estimate of drug-likeness (QED) is 0.174. The van der Waals surface area contributed by atoms with Gasteiger partial charge in [0.05, 0.1) is 11.1 Å². The molecule has 1 atom stereocenters. The third-order valence-corrected chi connectivity index (χ3v) is 13.4. The molecule has 9 aromatic carbocycles. The lowest BCUT2D eigenvalue weighted by atomic mass is 9.65. The van der Waals surface area contributed by atoms with E-state index in [1.165, 1.54) is 86.9 Å². The number of benzene rings is 9. The van der Waals surface area contributed by atoms with Crippen LogP contribution in [0.4, 0.5) is 17.1 Å². The van der Waals surface area contributed by atoms with Crippen molar-refractivity contribution in [1.82, 2.24) is 0 Å². The molecule has 2 aliphatic carbocycles. The molecule has 0 saturated heterocycles. The molecule has 0 N–H and O–H groups in total. The van der Waals surface area contributed by atoms with Crippen molar-refractivity contribution >= 4 is 48.6 Å². The van der Waals surface area contributed by atoms with Crippen LogP contribution in [0.25, 0.3) is 64.7 Å². The Kier molecular flexibility index (Phi) is 7.08. The molecule has 0 fully saturated rings. The van der Waals surface area contributed by atoms with Gasteiger partial charge in [-0.3, -0.25) is 0 Å². The molecule has 2 aliphatic rings. The fourth-order valence-corrected chi connectivity index (χ4v) is 11.2. The van der Waals surface area contributed by atoms with E-state index in [1.807, 2.05) is 11.3 Å². The Balaban J connectivity index is 1.24. The first kappa shape index (κ1) is 32.3. The highest BCUT2D eigenvalue weighted by Crippen LogP contribution is 2.64. The van der Waals surface area contributed by atoms with Crippen LogP contribution < -0.4 is 4.90 Å². The van der Waals surface area contributed by atoms with E-state index in [0.717, 1.165) is 17.1 Å². The SMILES string of the molecule is c1ccc(-c2ccccc2N(c2ccccc2)c2ccc3c(c2)C2(c4ccccc4-c4ccccc4-3)c3ccccc3-c3c2ccc2sc4ccccc4c32)cc1.